The highest BCUT2D eigenvalue weighted by Gasteiger charge is 2.40. The number of rotatable bonds is 6. The van der Waals surface area contributed by atoms with Gasteiger partial charge in [-0.15, -0.1) is 0 Å². The van der Waals surface area contributed by atoms with Gasteiger partial charge < -0.3 is 9.47 Å². The number of hydrogen-bond donors (Lipinski definition) is 1. The second-order valence-corrected chi connectivity index (χ2v) is 7.40. The molecule has 8 heteroatoms. The Labute approximate surface area is 120 Å². The average Bonchev–Trinajstić information content (AvgIpc) is 2.76. The van der Waals surface area contributed by atoms with Gasteiger partial charge in [-0.1, -0.05) is 0 Å². The Morgan fingerprint density at radius 3 is 2.60 bits per heavy atom. The summed E-state index contributed by atoms with van der Waals surface area (Å²) in [5, 5.41) is 0. The lowest BCUT2D eigenvalue weighted by atomic mass is 10.2. The molecule has 0 spiro atoms. The third-order valence-corrected chi connectivity index (χ3v) is 4.41. The van der Waals surface area contributed by atoms with Gasteiger partial charge in [0.05, 0.1) is 6.61 Å². The lowest BCUT2D eigenvalue weighted by molar-refractivity contribution is -0.158. The molecule has 0 aromatic rings. The van der Waals surface area contributed by atoms with Gasteiger partial charge in [0.2, 0.25) is 0 Å². The molecule has 1 fully saturated rings. The van der Waals surface area contributed by atoms with Crippen LogP contribution in [0.2, 0.25) is 0 Å². The Kier molecular flexibility index (Phi) is 5.93. The molecule has 0 amide bonds. The van der Waals surface area contributed by atoms with Crippen molar-refractivity contribution in [3.05, 3.63) is 0 Å². The molecule has 7 nitrogen and oxygen atoms in total. The first kappa shape index (κ1) is 17.4. The molecular weight excluding hydrogens is 284 g/mol. The van der Waals surface area contributed by atoms with E-state index in [4.69, 9.17) is 9.47 Å². The van der Waals surface area contributed by atoms with Crippen LogP contribution in [-0.4, -0.2) is 57.1 Å². The summed E-state index contributed by atoms with van der Waals surface area (Å²) in [4.78, 5) is 12.1. The van der Waals surface area contributed by atoms with Crippen LogP contribution < -0.4 is 4.72 Å². The minimum Gasteiger partial charge on any atom is -0.459 e. The molecule has 0 aromatic carbocycles. The number of carbonyl (C=O) groups is 1. The first-order valence-corrected chi connectivity index (χ1v) is 8.09. The molecule has 0 saturated carbocycles. The highest BCUT2D eigenvalue weighted by molar-refractivity contribution is 7.87. The van der Waals surface area contributed by atoms with Gasteiger partial charge in [0.15, 0.2) is 0 Å². The zero-order valence-electron chi connectivity index (χ0n) is 12.5. The fourth-order valence-corrected chi connectivity index (χ4v) is 3.39. The molecule has 20 heavy (non-hydrogen) atoms. The van der Waals surface area contributed by atoms with Crippen LogP contribution in [0.3, 0.4) is 0 Å². The number of ether oxygens (including phenoxy) is 2. The van der Waals surface area contributed by atoms with E-state index in [2.05, 4.69) is 4.72 Å². The van der Waals surface area contributed by atoms with E-state index in [1.165, 1.54) is 11.4 Å². The summed E-state index contributed by atoms with van der Waals surface area (Å²) in [5.41, 5.74) is -0.626. The highest BCUT2D eigenvalue weighted by Crippen LogP contribution is 2.23. The van der Waals surface area contributed by atoms with Crippen molar-refractivity contribution in [2.45, 2.75) is 45.3 Å². The highest BCUT2D eigenvalue weighted by atomic mass is 32.2. The van der Waals surface area contributed by atoms with Crippen LogP contribution in [-0.2, 0) is 24.5 Å². The van der Waals surface area contributed by atoms with Crippen LogP contribution in [0, 0.1) is 0 Å². The quantitative estimate of drug-likeness (QED) is 0.562. The molecule has 0 radical (unpaired) electrons. The molecule has 0 unspecified atom stereocenters. The van der Waals surface area contributed by atoms with Crippen molar-refractivity contribution >= 4 is 16.2 Å². The van der Waals surface area contributed by atoms with E-state index in [9.17, 15) is 13.2 Å². The van der Waals surface area contributed by atoms with Crippen molar-refractivity contribution in [3.63, 3.8) is 0 Å². The van der Waals surface area contributed by atoms with Gasteiger partial charge in [-0.05, 0) is 33.6 Å². The van der Waals surface area contributed by atoms with Gasteiger partial charge in [-0.2, -0.15) is 17.4 Å². The molecule has 1 saturated heterocycles. The van der Waals surface area contributed by atoms with E-state index in [-0.39, 0.29) is 13.2 Å². The van der Waals surface area contributed by atoms with Crippen molar-refractivity contribution in [3.8, 4) is 0 Å². The monoisotopic (exact) mass is 308 g/mol. The second kappa shape index (κ2) is 6.84. The third kappa shape index (κ3) is 5.01. The summed E-state index contributed by atoms with van der Waals surface area (Å²) in [5.74, 6) is -0.493. The minimum absolute atomic E-state index is 0.177. The molecule has 1 aliphatic rings. The largest absolute Gasteiger partial charge is 0.459 e. The Bertz CT molecular complexity index is 430. The van der Waals surface area contributed by atoms with E-state index >= 15 is 0 Å². The Morgan fingerprint density at radius 2 is 2.05 bits per heavy atom. The summed E-state index contributed by atoms with van der Waals surface area (Å²) < 4.78 is 37.9. The van der Waals surface area contributed by atoms with E-state index in [1.807, 2.05) is 0 Å². The summed E-state index contributed by atoms with van der Waals surface area (Å²) in [6, 6.07) is -0.741. The number of nitrogens with one attached hydrogen (secondary N) is 1. The minimum atomic E-state index is -3.68. The fraction of sp³-hybridized carbons (Fsp3) is 0.917. The maximum atomic E-state index is 12.1. The molecule has 1 aliphatic heterocycles. The molecule has 1 heterocycles. The Morgan fingerprint density at radius 1 is 1.40 bits per heavy atom. The van der Waals surface area contributed by atoms with Crippen LogP contribution in [0.4, 0.5) is 0 Å². The smallest absolute Gasteiger partial charge is 0.325 e. The number of esters is 1. The average molecular weight is 308 g/mol. The van der Waals surface area contributed by atoms with E-state index in [1.54, 1.807) is 20.8 Å². The van der Waals surface area contributed by atoms with Gasteiger partial charge in [0, 0.05) is 20.2 Å². The SMILES string of the molecule is COCCNS(=O)(=O)N1CCC[C@H]1C(=O)OC(C)(C)C. The zero-order valence-corrected chi connectivity index (χ0v) is 13.3. The molecule has 1 N–H and O–H groups in total. The summed E-state index contributed by atoms with van der Waals surface area (Å²) >= 11 is 0. The Hall–Kier alpha value is -0.700. The van der Waals surface area contributed by atoms with Crippen LogP contribution >= 0.6 is 0 Å². The topological polar surface area (TPSA) is 84.9 Å². The summed E-state index contributed by atoms with van der Waals surface area (Å²) in [6.07, 6.45) is 1.13. The molecule has 0 bridgehead atoms. The summed E-state index contributed by atoms with van der Waals surface area (Å²) in [7, 11) is -2.19. The maximum Gasteiger partial charge on any atom is 0.325 e. The number of hydrogen-bond acceptors (Lipinski definition) is 5. The van der Waals surface area contributed by atoms with Crippen molar-refractivity contribution in [1.82, 2.24) is 9.03 Å². The normalized spacial score (nSPS) is 21.1. The molecule has 118 valence electrons. The first-order valence-electron chi connectivity index (χ1n) is 6.65. The van der Waals surface area contributed by atoms with Crippen LogP contribution in [0.1, 0.15) is 33.6 Å². The van der Waals surface area contributed by atoms with E-state index < -0.39 is 27.8 Å². The van der Waals surface area contributed by atoms with Crippen LogP contribution in [0.5, 0.6) is 0 Å². The second-order valence-electron chi connectivity index (χ2n) is 5.69. The maximum absolute atomic E-state index is 12.1. The van der Waals surface area contributed by atoms with Gasteiger partial charge in [-0.25, -0.2) is 0 Å². The van der Waals surface area contributed by atoms with Crippen LogP contribution in [0.25, 0.3) is 0 Å². The number of nitrogens with zero attached hydrogens (tertiary/aromatic N) is 1. The third-order valence-electron chi connectivity index (χ3n) is 2.78. The number of carbonyl (C=O) groups excluding carboxylic acids is 1. The fourth-order valence-electron chi connectivity index (χ4n) is 1.99. The summed E-state index contributed by atoms with van der Waals surface area (Å²) in [6.45, 7) is 6.06. The Balaban J connectivity index is 2.71. The van der Waals surface area contributed by atoms with E-state index in [0.29, 0.717) is 19.4 Å². The number of methoxy groups -OCH3 is 1. The van der Waals surface area contributed by atoms with Gasteiger partial charge >= 0.3 is 5.97 Å². The van der Waals surface area contributed by atoms with Crippen molar-refractivity contribution < 1.29 is 22.7 Å². The molecule has 1 atom stereocenters. The van der Waals surface area contributed by atoms with Crippen molar-refractivity contribution in [1.29, 1.82) is 0 Å². The lowest BCUT2D eigenvalue weighted by Gasteiger charge is -2.26. The molecule has 0 aromatic heterocycles. The van der Waals surface area contributed by atoms with Crippen LogP contribution in [0.15, 0.2) is 0 Å². The lowest BCUT2D eigenvalue weighted by Crippen LogP contribution is -2.48. The van der Waals surface area contributed by atoms with Gasteiger partial charge in [-0.3, -0.25) is 4.79 Å². The zero-order chi connectivity index (χ0) is 15.4. The predicted molar refractivity (Wildman–Crippen MR) is 74.4 cm³/mol. The molecule has 0 aliphatic carbocycles. The molecular formula is C12H24N2O5S. The van der Waals surface area contributed by atoms with Gasteiger partial charge in [0.1, 0.15) is 11.6 Å². The van der Waals surface area contributed by atoms with E-state index in [0.717, 1.165) is 0 Å². The van der Waals surface area contributed by atoms with Crippen molar-refractivity contribution in [2.75, 3.05) is 26.8 Å². The molecule has 1 rings (SSSR count). The predicted octanol–water partition coefficient (Wildman–Crippen LogP) is 0.273. The van der Waals surface area contributed by atoms with Crippen molar-refractivity contribution in [2.24, 2.45) is 0 Å². The standard InChI is InChI=1S/C12H24N2O5S/c1-12(2,3)19-11(15)10-6-5-8-14(10)20(16,17)13-7-9-18-4/h10,13H,5-9H2,1-4H3/t10-/m0/s1. The first-order chi connectivity index (χ1) is 9.17. The van der Waals surface area contributed by atoms with Gasteiger partial charge in [0.25, 0.3) is 10.2 Å².